The van der Waals surface area contributed by atoms with Crippen molar-refractivity contribution >= 4 is 32.6 Å². The van der Waals surface area contributed by atoms with E-state index in [1.165, 1.54) is 32.6 Å². The van der Waals surface area contributed by atoms with E-state index in [4.69, 9.17) is 0 Å². The minimum atomic E-state index is 0.953. The molecule has 0 radical (unpaired) electrons. The summed E-state index contributed by atoms with van der Waals surface area (Å²) in [4.78, 5) is 4.54. The maximum atomic E-state index is 4.54. The molecule has 6 rings (SSSR count). The average molecular weight is 401 g/mol. The summed E-state index contributed by atoms with van der Waals surface area (Å²) in [5.74, 6) is 0. The largest absolute Gasteiger partial charge is 0.330 e. The van der Waals surface area contributed by atoms with Crippen LogP contribution in [0.1, 0.15) is 5.56 Å². The van der Waals surface area contributed by atoms with Gasteiger partial charge in [0.2, 0.25) is 0 Å². The summed E-state index contributed by atoms with van der Waals surface area (Å²) in [6.07, 6.45) is 2.98. The monoisotopic (exact) mass is 400 g/mol. The highest BCUT2D eigenvalue weighted by atomic mass is 15.0. The normalized spacial score (nSPS) is 10.8. The van der Waals surface area contributed by atoms with Gasteiger partial charge in [-0.2, -0.15) is 0 Å². The molecule has 0 aliphatic rings. The first-order valence-electron chi connectivity index (χ1n) is 10.7. The zero-order valence-electron chi connectivity index (χ0n) is 17.4. The lowest BCUT2D eigenvalue weighted by molar-refractivity contribution is 0.717. The third-order valence-corrected chi connectivity index (χ3v) is 5.65. The van der Waals surface area contributed by atoms with E-state index in [1.807, 2.05) is 6.33 Å². The topological polar surface area (TPSA) is 17.8 Å². The van der Waals surface area contributed by atoms with Gasteiger partial charge in [0.15, 0.2) is 0 Å². The molecule has 0 saturated carbocycles. The molecule has 31 heavy (non-hydrogen) atoms. The van der Waals surface area contributed by atoms with Crippen molar-refractivity contribution in [1.29, 1.82) is 0 Å². The van der Waals surface area contributed by atoms with Crippen molar-refractivity contribution in [3.8, 4) is 0 Å². The minimum Gasteiger partial charge on any atom is -0.330 e. The first-order chi connectivity index (χ1) is 15.4. The summed E-state index contributed by atoms with van der Waals surface area (Å²) in [6.45, 7) is 0.953. The summed E-state index contributed by atoms with van der Waals surface area (Å²) >= 11 is 0. The predicted octanol–water partition coefficient (Wildman–Crippen LogP) is 7.27. The van der Waals surface area contributed by atoms with Gasteiger partial charge < -0.3 is 4.57 Å². The van der Waals surface area contributed by atoms with Gasteiger partial charge in [-0.05, 0) is 34.2 Å². The highest BCUT2D eigenvalue weighted by Crippen LogP contribution is 2.24. The molecule has 0 unspecified atom stereocenters. The summed E-state index contributed by atoms with van der Waals surface area (Å²) in [5, 5.41) is 5.17. The molecule has 1 heterocycles. The average Bonchev–Trinajstić information content (AvgIpc) is 3.28. The predicted molar refractivity (Wildman–Crippen MR) is 131 cm³/mol. The van der Waals surface area contributed by atoms with Gasteiger partial charge in [-0.25, -0.2) is 4.98 Å². The lowest BCUT2D eigenvalue weighted by atomic mass is 10.1. The number of aryl methyl sites for hydroxylation is 2. The second kappa shape index (κ2) is 8.85. The summed E-state index contributed by atoms with van der Waals surface area (Å²) in [6, 6.07) is 40.1. The van der Waals surface area contributed by atoms with Crippen molar-refractivity contribution in [2.45, 2.75) is 13.0 Å². The van der Waals surface area contributed by atoms with Crippen LogP contribution in [0.25, 0.3) is 32.6 Å². The van der Waals surface area contributed by atoms with Crippen molar-refractivity contribution in [1.82, 2.24) is 9.55 Å². The molecule has 0 aliphatic heterocycles. The van der Waals surface area contributed by atoms with Crippen LogP contribution < -0.4 is 0 Å². The molecule has 0 atom stereocenters. The highest BCUT2D eigenvalue weighted by Gasteiger charge is 2.06. The number of benzene rings is 5. The summed E-state index contributed by atoms with van der Waals surface area (Å²) in [7, 11) is 0. The lowest BCUT2D eigenvalue weighted by Crippen LogP contribution is -2.00. The Hall–Kier alpha value is -3.91. The number of aromatic nitrogens is 2. The first-order valence-corrected chi connectivity index (χ1v) is 10.7. The van der Waals surface area contributed by atoms with Crippen LogP contribution in [-0.4, -0.2) is 9.55 Å². The fraction of sp³-hybridized carbons (Fsp3) is 0.0690. The molecule has 150 valence electrons. The van der Waals surface area contributed by atoms with Crippen LogP contribution in [0.2, 0.25) is 0 Å². The van der Waals surface area contributed by atoms with Crippen molar-refractivity contribution in [3.63, 3.8) is 0 Å². The Morgan fingerprint density at radius 2 is 1.13 bits per heavy atom. The molecule has 0 spiro atoms. The Balaban J connectivity index is 0.000000171. The molecule has 0 bridgehead atoms. The van der Waals surface area contributed by atoms with Crippen LogP contribution >= 0.6 is 0 Å². The zero-order chi connectivity index (χ0) is 20.9. The van der Waals surface area contributed by atoms with Gasteiger partial charge in [0, 0.05) is 11.9 Å². The number of imidazole rings is 1. The molecule has 2 heteroatoms. The number of fused-ring (bicyclic) bond motifs is 4. The van der Waals surface area contributed by atoms with E-state index in [-0.39, 0.29) is 0 Å². The van der Waals surface area contributed by atoms with Gasteiger partial charge in [0.25, 0.3) is 0 Å². The second-order valence-electron chi connectivity index (χ2n) is 7.68. The van der Waals surface area contributed by atoms with Crippen molar-refractivity contribution in [3.05, 3.63) is 127 Å². The van der Waals surface area contributed by atoms with Crippen molar-refractivity contribution < 1.29 is 0 Å². The standard InChI is InChI=1S/C19H16N2.C10H8/c1-2-6-15(7-3-1)12-13-21-14-20-18-11-10-16-8-4-5-9-17(16)19(18)21;1-2-6-10-8-4-3-7-9(10)5-1/h1-11,14H,12-13H2;1-8H. The molecule has 6 aromatic rings. The Morgan fingerprint density at radius 3 is 1.81 bits per heavy atom. The number of hydrogen-bond acceptors (Lipinski definition) is 1. The summed E-state index contributed by atoms with van der Waals surface area (Å²) < 4.78 is 2.27. The number of hydrogen-bond donors (Lipinski definition) is 0. The fourth-order valence-corrected chi connectivity index (χ4v) is 4.04. The van der Waals surface area contributed by atoms with Crippen LogP contribution in [-0.2, 0) is 13.0 Å². The quantitative estimate of drug-likeness (QED) is 0.305. The minimum absolute atomic E-state index is 0.953. The van der Waals surface area contributed by atoms with E-state index in [0.717, 1.165) is 18.5 Å². The maximum Gasteiger partial charge on any atom is 0.0958 e. The van der Waals surface area contributed by atoms with E-state index in [1.54, 1.807) is 0 Å². The molecule has 5 aromatic carbocycles. The molecule has 0 fully saturated rings. The van der Waals surface area contributed by atoms with Crippen LogP contribution in [0.3, 0.4) is 0 Å². The van der Waals surface area contributed by atoms with Gasteiger partial charge in [-0.3, -0.25) is 0 Å². The van der Waals surface area contributed by atoms with E-state index >= 15 is 0 Å². The van der Waals surface area contributed by atoms with Crippen LogP contribution in [0.15, 0.2) is 122 Å². The molecule has 0 aliphatic carbocycles. The molecular formula is C29H24N2. The maximum absolute atomic E-state index is 4.54. The fourth-order valence-electron chi connectivity index (χ4n) is 4.04. The van der Waals surface area contributed by atoms with Crippen LogP contribution in [0.5, 0.6) is 0 Å². The third kappa shape index (κ3) is 4.19. The first kappa shape index (κ1) is 19.1. The molecular weight excluding hydrogens is 376 g/mol. The van der Waals surface area contributed by atoms with Crippen molar-refractivity contribution in [2.24, 2.45) is 0 Å². The summed E-state index contributed by atoms with van der Waals surface area (Å²) in [5.41, 5.74) is 3.67. The number of nitrogens with zero attached hydrogens (tertiary/aromatic N) is 2. The van der Waals surface area contributed by atoms with Gasteiger partial charge >= 0.3 is 0 Å². The van der Waals surface area contributed by atoms with Gasteiger partial charge in [-0.1, -0.05) is 109 Å². The van der Waals surface area contributed by atoms with Gasteiger partial charge in [0.05, 0.1) is 17.4 Å². The van der Waals surface area contributed by atoms with Crippen LogP contribution in [0, 0.1) is 0 Å². The van der Waals surface area contributed by atoms with Gasteiger partial charge in [0.1, 0.15) is 0 Å². The smallest absolute Gasteiger partial charge is 0.0958 e. The highest BCUT2D eigenvalue weighted by molar-refractivity contribution is 6.04. The van der Waals surface area contributed by atoms with Gasteiger partial charge in [-0.15, -0.1) is 0 Å². The zero-order valence-corrected chi connectivity index (χ0v) is 17.4. The second-order valence-corrected chi connectivity index (χ2v) is 7.68. The number of rotatable bonds is 3. The Bertz CT molecular complexity index is 1370. The Kier molecular flexibility index (Phi) is 5.44. The molecule has 2 nitrogen and oxygen atoms in total. The SMILES string of the molecule is c1ccc(CCn2cnc3ccc4ccccc4c32)cc1.c1ccc2ccccc2c1. The molecule has 0 amide bonds. The lowest BCUT2D eigenvalue weighted by Gasteiger charge is -2.07. The molecule has 0 saturated heterocycles. The molecule has 0 N–H and O–H groups in total. The Labute approximate surface area is 182 Å². The third-order valence-electron chi connectivity index (χ3n) is 5.65. The Morgan fingerprint density at radius 1 is 0.548 bits per heavy atom. The van der Waals surface area contributed by atoms with E-state index < -0.39 is 0 Å². The van der Waals surface area contributed by atoms with Crippen LogP contribution in [0.4, 0.5) is 0 Å². The van der Waals surface area contributed by atoms with Crippen molar-refractivity contribution in [2.75, 3.05) is 0 Å². The van der Waals surface area contributed by atoms with E-state index in [0.29, 0.717) is 0 Å². The van der Waals surface area contributed by atoms with E-state index in [2.05, 4.69) is 125 Å². The van der Waals surface area contributed by atoms with E-state index in [9.17, 15) is 0 Å². The molecule has 1 aromatic heterocycles.